The van der Waals surface area contributed by atoms with E-state index in [9.17, 15) is 18.8 Å². The van der Waals surface area contributed by atoms with Crippen molar-refractivity contribution in [2.45, 2.75) is 12.6 Å². The minimum atomic E-state index is -1.30. The molecule has 9 nitrogen and oxygen atoms in total. The van der Waals surface area contributed by atoms with Crippen LogP contribution < -0.4 is 15.8 Å². The first-order valence-electron chi connectivity index (χ1n) is 10.5. The molecule has 1 heterocycles. The standard InChI is InChI=1S/C25H20FN3O6/c1-33-20-9-5-8-19(14-20)27-23(31)22(16-6-3-2-4-7-16)34-21(30)15-29-25(32)35-24(28-29)17-10-12-18(26)13-11-17/h2-14,22H,15H2,1H3,(H,27,31). The van der Waals surface area contributed by atoms with Gasteiger partial charge in [-0.2, -0.15) is 4.68 Å². The lowest BCUT2D eigenvalue weighted by atomic mass is 10.1. The molecule has 0 saturated carbocycles. The van der Waals surface area contributed by atoms with Crippen LogP contribution in [0.2, 0.25) is 0 Å². The highest BCUT2D eigenvalue weighted by Crippen LogP contribution is 2.23. The molecule has 3 aromatic carbocycles. The lowest BCUT2D eigenvalue weighted by molar-refractivity contribution is -0.155. The van der Waals surface area contributed by atoms with Gasteiger partial charge in [0.25, 0.3) is 5.91 Å². The molecule has 35 heavy (non-hydrogen) atoms. The number of rotatable bonds is 8. The van der Waals surface area contributed by atoms with E-state index in [1.165, 1.54) is 31.4 Å². The van der Waals surface area contributed by atoms with Gasteiger partial charge in [-0.05, 0) is 36.4 Å². The number of benzene rings is 3. The molecule has 1 aromatic heterocycles. The van der Waals surface area contributed by atoms with E-state index >= 15 is 0 Å². The molecule has 4 aromatic rings. The van der Waals surface area contributed by atoms with E-state index < -0.39 is 36.1 Å². The maximum atomic E-state index is 13.1. The molecule has 0 aliphatic heterocycles. The lowest BCUT2D eigenvalue weighted by Gasteiger charge is -2.18. The average molecular weight is 477 g/mol. The van der Waals surface area contributed by atoms with Gasteiger partial charge in [0.1, 0.15) is 18.1 Å². The minimum Gasteiger partial charge on any atom is -0.497 e. The van der Waals surface area contributed by atoms with Crippen LogP contribution in [0.1, 0.15) is 11.7 Å². The predicted molar refractivity (Wildman–Crippen MR) is 123 cm³/mol. The molecule has 10 heteroatoms. The van der Waals surface area contributed by atoms with Crippen LogP contribution in [0.25, 0.3) is 11.5 Å². The molecule has 4 rings (SSSR count). The molecule has 0 bridgehead atoms. The van der Waals surface area contributed by atoms with Crippen molar-refractivity contribution in [2.75, 3.05) is 12.4 Å². The largest absolute Gasteiger partial charge is 0.497 e. The number of hydrogen-bond donors (Lipinski definition) is 1. The molecule has 0 aliphatic carbocycles. The Morgan fingerprint density at radius 3 is 2.51 bits per heavy atom. The van der Waals surface area contributed by atoms with Crippen molar-refractivity contribution in [3.05, 3.63) is 101 Å². The maximum Gasteiger partial charge on any atom is 0.437 e. The van der Waals surface area contributed by atoms with Gasteiger partial charge in [-0.1, -0.05) is 36.4 Å². The van der Waals surface area contributed by atoms with E-state index in [0.29, 0.717) is 22.6 Å². The summed E-state index contributed by atoms with van der Waals surface area (Å²) in [5, 5.41) is 6.66. The van der Waals surface area contributed by atoms with Gasteiger partial charge in [0.05, 0.1) is 7.11 Å². The first kappa shape index (κ1) is 23.4. The highest BCUT2D eigenvalue weighted by atomic mass is 19.1. The van der Waals surface area contributed by atoms with E-state index in [-0.39, 0.29) is 5.89 Å². The molecular formula is C25H20FN3O6. The number of amides is 1. The summed E-state index contributed by atoms with van der Waals surface area (Å²) < 4.78 is 29.6. The average Bonchev–Trinajstić information content (AvgIpc) is 3.23. The molecule has 1 amide bonds. The van der Waals surface area contributed by atoms with E-state index in [1.807, 2.05) is 0 Å². The highest BCUT2D eigenvalue weighted by Gasteiger charge is 2.26. The van der Waals surface area contributed by atoms with Gasteiger partial charge < -0.3 is 19.2 Å². The number of nitrogens with zero attached hydrogens (tertiary/aromatic N) is 2. The monoisotopic (exact) mass is 477 g/mol. The summed E-state index contributed by atoms with van der Waals surface area (Å²) >= 11 is 0. The molecular weight excluding hydrogens is 457 g/mol. The van der Waals surface area contributed by atoms with E-state index in [0.717, 1.165) is 4.68 Å². The summed E-state index contributed by atoms with van der Waals surface area (Å²) in [7, 11) is 1.50. The second-order valence-corrected chi connectivity index (χ2v) is 7.34. The number of anilines is 1. The van der Waals surface area contributed by atoms with E-state index in [2.05, 4.69) is 10.4 Å². The van der Waals surface area contributed by atoms with Crippen LogP contribution in [-0.4, -0.2) is 28.8 Å². The molecule has 0 radical (unpaired) electrons. The van der Waals surface area contributed by atoms with E-state index in [4.69, 9.17) is 13.9 Å². The van der Waals surface area contributed by atoms with Crippen LogP contribution in [-0.2, 0) is 20.9 Å². The number of hydrogen-bond acceptors (Lipinski definition) is 7. The first-order chi connectivity index (χ1) is 16.9. The quantitative estimate of drug-likeness (QED) is 0.386. The van der Waals surface area contributed by atoms with Crippen molar-refractivity contribution in [3.8, 4) is 17.2 Å². The van der Waals surface area contributed by atoms with Crippen molar-refractivity contribution in [3.63, 3.8) is 0 Å². The summed E-state index contributed by atoms with van der Waals surface area (Å²) in [6.07, 6.45) is -1.30. The summed E-state index contributed by atoms with van der Waals surface area (Å²) in [5.74, 6) is -2.40. The Morgan fingerprint density at radius 2 is 1.80 bits per heavy atom. The van der Waals surface area contributed by atoms with Crippen molar-refractivity contribution in [1.82, 2.24) is 9.78 Å². The number of ether oxygens (including phenoxy) is 2. The number of aromatic nitrogens is 2. The number of esters is 1. The summed E-state index contributed by atoms with van der Waals surface area (Å²) in [5.41, 5.74) is 1.24. The fourth-order valence-electron chi connectivity index (χ4n) is 3.22. The van der Waals surface area contributed by atoms with Crippen LogP contribution in [0, 0.1) is 5.82 Å². The number of carbonyl (C=O) groups excluding carboxylic acids is 2. The lowest BCUT2D eigenvalue weighted by Crippen LogP contribution is -2.29. The predicted octanol–water partition coefficient (Wildman–Crippen LogP) is 3.57. The summed E-state index contributed by atoms with van der Waals surface area (Å²) in [4.78, 5) is 37.9. The van der Waals surface area contributed by atoms with Crippen LogP contribution >= 0.6 is 0 Å². The fraction of sp³-hybridized carbons (Fsp3) is 0.120. The SMILES string of the molecule is COc1cccc(NC(=O)C(OC(=O)Cn2nc(-c3ccc(F)cc3)oc2=O)c2ccccc2)c1. The second-order valence-electron chi connectivity index (χ2n) is 7.34. The van der Waals surface area contributed by atoms with Crippen LogP contribution in [0.5, 0.6) is 5.75 Å². The Kier molecular flexibility index (Phi) is 7.01. The summed E-state index contributed by atoms with van der Waals surface area (Å²) in [6, 6.07) is 20.3. The molecule has 178 valence electrons. The first-order valence-corrected chi connectivity index (χ1v) is 10.5. The van der Waals surface area contributed by atoms with Crippen LogP contribution in [0.3, 0.4) is 0 Å². The Labute approximate surface area is 198 Å². The smallest absolute Gasteiger partial charge is 0.437 e. The Balaban J connectivity index is 1.51. The second kappa shape index (κ2) is 10.5. The van der Waals surface area contributed by atoms with Gasteiger partial charge in [0, 0.05) is 22.9 Å². The highest BCUT2D eigenvalue weighted by molar-refractivity contribution is 5.96. The number of nitrogens with one attached hydrogen (secondary N) is 1. The third-order valence-corrected chi connectivity index (χ3v) is 4.90. The zero-order valence-corrected chi connectivity index (χ0v) is 18.5. The van der Waals surface area contributed by atoms with Gasteiger partial charge in [-0.25, -0.2) is 9.18 Å². The normalized spacial score (nSPS) is 11.5. The Hall–Kier alpha value is -4.73. The van der Waals surface area contributed by atoms with Gasteiger partial charge in [-0.3, -0.25) is 9.59 Å². The third-order valence-electron chi connectivity index (χ3n) is 4.90. The summed E-state index contributed by atoms with van der Waals surface area (Å²) in [6.45, 7) is -0.598. The molecule has 1 unspecified atom stereocenters. The topological polar surface area (TPSA) is 113 Å². The molecule has 0 saturated heterocycles. The molecule has 0 aliphatic rings. The molecule has 1 N–H and O–H groups in total. The van der Waals surface area contributed by atoms with Gasteiger partial charge in [0.15, 0.2) is 0 Å². The van der Waals surface area contributed by atoms with Crippen LogP contribution in [0.15, 0.2) is 88.1 Å². The van der Waals surface area contributed by atoms with Crippen molar-refractivity contribution in [1.29, 1.82) is 0 Å². The van der Waals surface area contributed by atoms with Crippen molar-refractivity contribution >= 4 is 17.6 Å². The zero-order valence-electron chi connectivity index (χ0n) is 18.5. The van der Waals surface area contributed by atoms with Crippen molar-refractivity contribution in [2.24, 2.45) is 0 Å². The van der Waals surface area contributed by atoms with E-state index in [1.54, 1.807) is 54.6 Å². The Bertz CT molecular complexity index is 1380. The zero-order chi connectivity index (χ0) is 24.8. The van der Waals surface area contributed by atoms with Gasteiger partial charge in [0.2, 0.25) is 12.0 Å². The third kappa shape index (κ3) is 5.80. The number of halogens is 1. The number of methoxy groups -OCH3 is 1. The number of carbonyl (C=O) groups is 2. The minimum absolute atomic E-state index is 0.0850. The molecule has 0 fully saturated rings. The molecule has 1 atom stereocenters. The Morgan fingerprint density at radius 1 is 1.06 bits per heavy atom. The fourth-order valence-corrected chi connectivity index (χ4v) is 3.22. The van der Waals surface area contributed by atoms with Crippen LogP contribution in [0.4, 0.5) is 10.1 Å². The van der Waals surface area contributed by atoms with Gasteiger partial charge >= 0.3 is 11.7 Å². The van der Waals surface area contributed by atoms with Gasteiger partial charge in [-0.15, -0.1) is 5.10 Å². The van der Waals surface area contributed by atoms with Crippen molar-refractivity contribution < 1.29 is 27.9 Å². The maximum absolute atomic E-state index is 13.1. The molecule has 0 spiro atoms.